The quantitative estimate of drug-likeness (QED) is 0.170. The first kappa shape index (κ1) is 33.7. The van der Waals surface area contributed by atoms with E-state index in [2.05, 4.69) is 11.1 Å². The second-order valence-electron chi connectivity index (χ2n) is 13.1. The molecule has 0 fully saturated rings. The van der Waals surface area contributed by atoms with Crippen molar-refractivity contribution in [2.75, 3.05) is 12.5 Å². The van der Waals surface area contributed by atoms with E-state index in [1.165, 1.54) is 23.8 Å². The Morgan fingerprint density at radius 2 is 1.33 bits per heavy atom. The van der Waals surface area contributed by atoms with Gasteiger partial charge in [0.05, 0.1) is 31.3 Å². The third-order valence-corrected chi connectivity index (χ3v) is 13.2. The molecule has 0 radical (unpaired) electrons. The predicted molar refractivity (Wildman–Crippen MR) is 195 cm³/mol. The van der Waals surface area contributed by atoms with Crippen molar-refractivity contribution in [1.82, 2.24) is 9.97 Å². The van der Waals surface area contributed by atoms with Crippen molar-refractivity contribution >= 4 is 41.9 Å². The van der Waals surface area contributed by atoms with E-state index in [4.69, 9.17) is 4.98 Å². The van der Waals surface area contributed by atoms with Crippen molar-refractivity contribution in [2.24, 2.45) is 0 Å². The Balaban J connectivity index is 1.54. The van der Waals surface area contributed by atoms with E-state index >= 15 is 0 Å². The Kier molecular flexibility index (Phi) is 8.44. The lowest BCUT2D eigenvalue weighted by atomic mass is 9.92. The highest BCUT2D eigenvalue weighted by atomic mass is 32.2. The molecule has 0 spiro atoms. The molecule has 48 heavy (non-hydrogen) atoms. The van der Waals surface area contributed by atoms with Gasteiger partial charge in [0.25, 0.3) is 0 Å². The second kappa shape index (κ2) is 12.0. The zero-order chi connectivity index (χ0) is 34.6. The molecular formula is C38H36N2O5S3. The first-order chi connectivity index (χ1) is 22.4. The summed E-state index contributed by atoms with van der Waals surface area (Å²) in [5.41, 5.74) is 6.16. The summed E-state index contributed by atoms with van der Waals surface area (Å²) in [7, 11) is -6.81. The molecule has 7 nitrogen and oxygen atoms in total. The minimum absolute atomic E-state index is 0.226. The van der Waals surface area contributed by atoms with Gasteiger partial charge in [0.15, 0.2) is 19.7 Å². The molecule has 2 aromatic heterocycles. The van der Waals surface area contributed by atoms with Crippen LogP contribution in [0.5, 0.6) is 0 Å². The molecule has 0 aliphatic heterocycles. The molecule has 246 valence electrons. The van der Waals surface area contributed by atoms with E-state index in [9.17, 15) is 21.9 Å². The molecule has 10 heteroatoms. The maximum Gasteiger partial charge on any atom is 0.175 e. The van der Waals surface area contributed by atoms with Crippen LogP contribution in [0.2, 0.25) is 0 Å². The van der Waals surface area contributed by atoms with Gasteiger partial charge in [-0.1, -0.05) is 60.7 Å². The van der Waals surface area contributed by atoms with E-state index < -0.39 is 30.0 Å². The molecule has 4 aromatic carbocycles. The molecule has 1 N–H and O–H groups in total. The van der Waals surface area contributed by atoms with Crippen LogP contribution in [0.4, 0.5) is 0 Å². The summed E-state index contributed by atoms with van der Waals surface area (Å²) in [5.74, 6) is 0. The largest absolute Gasteiger partial charge is 0.386 e. The first-order valence-corrected chi connectivity index (χ1v) is 19.9. The van der Waals surface area contributed by atoms with Crippen molar-refractivity contribution in [3.8, 4) is 43.4 Å². The zero-order valence-corrected chi connectivity index (χ0v) is 30.0. The van der Waals surface area contributed by atoms with Gasteiger partial charge < -0.3 is 5.11 Å². The molecular weight excluding hydrogens is 661 g/mol. The highest BCUT2D eigenvalue weighted by Gasteiger charge is 2.33. The first-order valence-electron chi connectivity index (χ1n) is 15.3. The lowest BCUT2D eigenvalue weighted by Crippen LogP contribution is -2.28. The molecule has 0 saturated heterocycles. The van der Waals surface area contributed by atoms with Crippen LogP contribution in [0, 0.1) is 0 Å². The van der Waals surface area contributed by atoms with Crippen LogP contribution in [0.1, 0.15) is 38.8 Å². The highest BCUT2D eigenvalue weighted by molar-refractivity contribution is 7.91. The fourth-order valence-corrected chi connectivity index (χ4v) is 7.78. The monoisotopic (exact) mass is 696 g/mol. The van der Waals surface area contributed by atoms with Gasteiger partial charge in [0.2, 0.25) is 0 Å². The standard InChI is InChI=1S/C38H36N2O5S3/c1-37(2,41)29-16-12-25(13-17-29)36-40-34(24-14-18-31(19-15-24)47(5,42)43)35(46-36)28-10-7-9-26(21-28)32-23-30(38(3,4)48(6,44)45)22-27-11-8-20-39-33(27)32/h7-23,41H,1-6H3. The number of aromatic nitrogens is 2. The van der Waals surface area contributed by atoms with Crippen molar-refractivity contribution in [1.29, 1.82) is 0 Å². The van der Waals surface area contributed by atoms with Crippen LogP contribution >= 0.6 is 11.3 Å². The van der Waals surface area contributed by atoms with E-state index in [1.54, 1.807) is 58.2 Å². The third-order valence-electron chi connectivity index (χ3n) is 8.78. The Hall–Kier alpha value is -4.22. The Labute approximate surface area is 285 Å². The predicted octanol–water partition coefficient (Wildman–Crippen LogP) is 8.27. The van der Waals surface area contributed by atoms with Gasteiger partial charge in [-0.2, -0.15) is 0 Å². The summed E-state index contributed by atoms with van der Waals surface area (Å²) >= 11 is 1.52. The topological polar surface area (TPSA) is 114 Å². The molecule has 6 aromatic rings. The van der Waals surface area contributed by atoms with Crippen LogP contribution in [-0.2, 0) is 30.0 Å². The summed E-state index contributed by atoms with van der Waals surface area (Å²) in [6.45, 7) is 6.92. The molecule has 2 heterocycles. The Morgan fingerprint density at radius 1 is 0.688 bits per heavy atom. The van der Waals surface area contributed by atoms with Crippen LogP contribution in [0.25, 0.3) is 54.3 Å². The summed E-state index contributed by atoms with van der Waals surface area (Å²) in [5, 5.41) is 12.1. The van der Waals surface area contributed by atoms with Gasteiger partial charge >= 0.3 is 0 Å². The van der Waals surface area contributed by atoms with Gasteiger partial charge in [0, 0.05) is 40.8 Å². The molecule has 0 aliphatic rings. The molecule has 0 saturated carbocycles. The lowest BCUT2D eigenvalue weighted by Gasteiger charge is -2.24. The lowest BCUT2D eigenvalue weighted by molar-refractivity contribution is 0.0786. The smallest absolute Gasteiger partial charge is 0.175 e. The van der Waals surface area contributed by atoms with E-state index in [1.807, 2.05) is 66.7 Å². The van der Waals surface area contributed by atoms with Crippen molar-refractivity contribution < 1.29 is 21.9 Å². The van der Waals surface area contributed by atoms with E-state index in [-0.39, 0.29) is 4.90 Å². The number of fused-ring (bicyclic) bond motifs is 1. The molecule has 0 unspecified atom stereocenters. The number of sulfone groups is 2. The van der Waals surface area contributed by atoms with Crippen LogP contribution in [0.3, 0.4) is 0 Å². The SMILES string of the molecule is CC(C)(O)c1ccc(-c2nc(-c3ccc(S(C)(=O)=O)cc3)c(-c3cccc(-c4cc(C(C)(C)S(C)(=O)=O)cc5cccnc45)c3)s2)cc1. The normalized spacial score (nSPS) is 12.8. The minimum atomic E-state index is -3.44. The molecule has 0 atom stereocenters. The Morgan fingerprint density at radius 3 is 1.96 bits per heavy atom. The Bertz CT molecular complexity index is 2390. The van der Waals surface area contributed by atoms with Crippen LogP contribution < -0.4 is 0 Å². The molecule has 6 rings (SSSR count). The third kappa shape index (κ3) is 6.45. The summed E-state index contributed by atoms with van der Waals surface area (Å²) < 4.78 is 49.0. The van der Waals surface area contributed by atoms with E-state index in [0.717, 1.165) is 54.2 Å². The maximum atomic E-state index is 12.8. The second-order valence-corrected chi connectivity index (χ2v) is 18.7. The van der Waals surface area contributed by atoms with Crippen LogP contribution in [0.15, 0.2) is 108 Å². The minimum Gasteiger partial charge on any atom is -0.386 e. The number of nitrogens with zero attached hydrogens (tertiary/aromatic N) is 2. The van der Waals surface area contributed by atoms with Gasteiger partial charge in [-0.15, -0.1) is 11.3 Å². The molecule has 0 aliphatic carbocycles. The van der Waals surface area contributed by atoms with Gasteiger partial charge in [-0.25, -0.2) is 21.8 Å². The molecule has 0 bridgehead atoms. The molecule has 0 amide bonds. The van der Waals surface area contributed by atoms with Gasteiger partial charge in [0.1, 0.15) is 5.01 Å². The zero-order valence-electron chi connectivity index (χ0n) is 27.5. The van der Waals surface area contributed by atoms with Crippen molar-refractivity contribution in [3.05, 3.63) is 114 Å². The van der Waals surface area contributed by atoms with Gasteiger partial charge in [-0.05, 0) is 86.3 Å². The highest BCUT2D eigenvalue weighted by Crippen LogP contribution is 2.43. The fourth-order valence-electron chi connectivity index (χ4n) is 5.52. The fraction of sp³-hybridized carbons (Fsp3) is 0.211. The maximum absolute atomic E-state index is 12.8. The number of benzene rings is 4. The van der Waals surface area contributed by atoms with Crippen molar-refractivity contribution in [3.63, 3.8) is 0 Å². The summed E-state index contributed by atoms with van der Waals surface area (Å²) in [6, 6.07) is 30.0. The number of rotatable bonds is 8. The number of hydrogen-bond donors (Lipinski definition) is 1. The number of thiazole rings is 1. The summed E-state index contributed by atoms with van der Waals surface area (Å²) in [4.78, 5) is 10.9. The van der Waals surface area contributed by atoms with Gasteiger partial charge in [-0.3, -0.25) is 4.98 Å². The average Bonchev–Trinajstić information content (AvgIpc) is 3.49. The number of hydrogen-bond acceptors (Lipinski definition) is 8. The number of aliphatic hydroxyl groups is 1. The van der Waals surface area contributed by atoms with Crippen molar-refractivity contribution in [2.45, 2.75) is 42.9 Å². The summed E-state index contributed by atoms with van der Waals surface area (Å²) in [6.07, 6.45) is 4.17. The van der Waals surface area contributed by atoms with Crippen LogP contribution in [-0.4, -0.2) is 44.4 Å². The average molecular weight is 697 g/mol. The van der Waals surface area contributed by atoms with E-state index in [0.29, 0.717) is 11.3 Å². The number of pyridine rings is 1.